The van der Waals surface area contributed by atoms with Crippen molar-refractivity contribution >= 4 is 0 Å². The van der Waals surface area contributed by atoms with Crippen molar-refractivity contribution in [3.8, 4) is 11.5 Å². The Morgan fingerprint density at radius 2 is 2.00 bits per heavy atom. The van der Waals surface area contributed by atoms with E-state index < -0.39 is 0 Å². The van der Waals surface area contributed by atoms with Crippen molar-refractivity contribution in [2.45, 2.75) is 58.6 Å². The van der Waals surface area contributed by atoms with Gasteiger partial charge in [-0.1, -0.05) is 27.7 Å². The van der Waals surface area contributed by atoms with Crippen molar-refractivity contribution in [3.63, 3.8) is 0 Å². The normalized spacial score (nSPS) is 21.5. The van der Waals surface area contributed by atoms with Crippen molar-refractivity contribution in [3.05, 3.63) is 23.3 Å². The maximum atomic E-state index is 6.16. The highest BCUT2D eigenvalue weighted by molar-refractivity contribution is 5.54. The lowest BCUT2D eigenvalue weighted by molar-refractivity contribution is 0.206. The van der Waals surface area contributed by atoms with Gasteiger partial charge in [0.25, 0.3) is 0 Å². The average molecular weight is 277 g/mol. The van der Waals surface area contributed by atoms with E-state index in [4.69, 9.17) is 9.47 Å². The van der Waals surface area contributed by atoms with Crippen LogP contribution in [0.25, 0.3) is 0 Å². The number of nitrogens with one attached hydrogen (secondary N) is 1. The summed E-state index contributed by atoms with van der Waals surface area (Å²) in [5, 5.41) is 3.59. The summed E-state index contributed by atoms with van der Waals surface area (Å²) in [4.78, 5) is 0. The SMILES string of the molecule is CCCNC1c2cc(OC)cc(C(C)(C)C)c2OC1C. The minimum atomic E-state index is 0.0397. The molecule has 0 aliphatic carbocycles. The van der Waals surface area contributed by atoms with E-state index in [1.807, 2.05) is 0 Å². The molecule has 1 heterocycles. The summed E-state index contributed by atoms with van der Waals surface area (Å²) in [6.45, 7) is 11.9. The van der Waals surface area contributed by atoms with Crippen LogP contribution in [0, 0.1) is 0 Å². The summed E-state index contributed by atoms with van der Waals surface area (Å²) >= 11 is 0. The Bertz CT molecular complexity index is 477. The molecule has 2 rings (SSSR count). The van der Waals surface area contributed by atoms with Gasteiger partial charge in [0.15, 0.2) is 0 Å². The van der Waals surface area contributed by atoms with Crippen LogP contribution >= 0.6 is 0 Å². The molecule has 20 heavy (non-hydrogen) atoms. The first-order chi connectivity index (χ1) is 9.38. The van der Waals surface area contributed by atoms with Gasteiger partial charge in [0.2, 0.25) is 0 Å². The molecule has 1 aromatic carbocycles. The molecule has 2 atom stereocenters. The highest BCUT2D eigenvalue weighted by atomic mass is 16.5. The Morgan fingerprint density at radius 1 is 1.30 bits per heavy atom. The Balaban J connectivity index is 2.48. The lowest BCUT2D eigenvalue weighted by Crippen LogP contribution is -2.29. The molecule has 3 nitrogen and oxygen atoms in total. The molecule has 2 unspecified atom stereocenters. The molecule has 0 radical (unpaired) electrons. The second-order valence-corrected chi connectivity index (χ2v) is 6.60. The molecular weight excluding hydrogens is 250 g/mol. The van der Waals surface area contributed by atoms with Gasteiger partial charge in [-0.2, -0.15) is 0 Å². The third-order valence-electron chi connectivity index (χ3n) is 3.86. The van der Waals surface area contributed by atoms with Gasteiger partial charge in [-0.15, -0.1) is 0 Å². The molecule has 1 aromatic rings. The van der Waals surface area contributed by atoms with E-state index in [1.54, 1.807) is 7.11 Å². The molecular formula is C17H27NO2. The van der Waals surface area contributed by atoms with E-state index in [2.05, 4.69) is 52.1 Å². The maximum absolute atomic E-state index is 6.16. The largest absolute Gasteiger partial charge is 0.497 e. The standard InChI is InChI=1S/C17H27NO2/c1-7-8-18-15-11(2)20-16-13(15)9-12(19-6)10-14(16)17(3,4)5/h9-11,15,18H,7-8H2,1-6H3. The second-order valence-electron chi connectivity index (χ2n) is 6.60. The van der Waals surface area contributed by atoms with Gasteiger partial charge in [0.1, 0.15) is 17.6 Å². The molecule has 0 aromatic heterocycles. The van der Waals surface area contributed by atoms with Crippen LogP contribution in [0.2, 0.25) is 0 Å². The number of fused-ring (bicyclic) bond motifs is 1. The molecule has 0 fully saturated rings. The number of hydrogen-bond donors (Lipinski definition) is 1. The van der Waals surface area contributed by atoms with Crippen LogP contribution in [0.1, 0.15) is 58.2 Å². The van der Waals surface area contributed by atoms with Crippen molar-refractivity contribution in [1.29, 1.82) is 0 Å². The van der Waals surface area contributed by atoms with E-state index in [1.165, 1.54) is 11.1 Å². The molecule has 0 saturated heterocycles. The predicted molar refractivity (Wildman–Crippen MR) is 82.8 cm³/mol. The third-order valence-corrected chi connectivity index (χ3v) is 3.86. The summed E-state index contributed by atoms with van der Waals surface area (Å²) in [5.41, 5.74) is 2.49. The Morgan fingerprint density at radius 3 is 2.55 bits per heavy atom. The zero-order valence-electron chi connectivity index (χ0n) is 13.5. The summed E-state index contributed by atoms with van der Waals surface area (Å²) in [6, 6.07) is 4.47. The van der Waals surface area contributed by atoms with E-state index in [0.717, 1.165) is 24.5 Å². The molecule has 0 amide bonds. The monoisotopic (exact) mass is 277 g/mol. The van der Waals surface area contributed by atoms with Gasteiger partial charge in [-0.05, 0) is 37.4 Å². The van der Waals surface area contributed by atoms with Gasteiger partial charge in [-0.3, -0.25) is 0 Å². The third kappa shape index (κ3) is 2.78. The molecule has 1 aliphatic rings. The zero-order chi connectivity index (χ0) is 14.9. The molecule has 3 heteroatoms. The fourth-order valence-corrected chi connectivity index (χ4v) is 2.74. The number of hydrogen-bond acceptors (Lipinski definition) is 3. The van der Waals surface area contributed by atoms with Crippen molar-refractivity contribution in [1.82, 2.24) is 5.32 Å². The van der Waals surface area contributed by atoms with E-state index in [-0.39, 0.29) is 17.6 Å². The van der Waals surface area contributed by atoms with Crippen LogP contribution < -0.4 is 14.8 Å². The van der Waals surface area contributed by atoms with Crippen LogP contribution in [-0.2, 0) is 5.41 Å². The topological polar surface area (TPSA) is 30.5 Å². The first-order valence-corrected chi connectivity index (χ1v) is 7.51. The predicted octanol–water partition coefficient (Wildman–Crippen LogP) is 3.81. The number of benzene rings is 1. The maximum Gasteiger partial charge on any atom is 0.128 e. The Kier molecular flexibility index (Phi) is 4.28. The van der Waals surface area contributed by atoms with E-state index in [9.17, 15) is 0 Å². The minimum Gasteiger partial charge on any atom is -0.497 e. The molecule has 1 N–H and O–H groups in total. The van der Waals surface area contributed by atoms with Gasteiger partial charge >= 0.3 is 0 Å². The van der Waals surface area contributed by atoms with Gasteiger partial charge in [-0.25, -0.2) is 0 Å². The lowest BCUT2D eigenvalue weighted by atomic mass is 9.84. The fraction of sp³-hybridized carbons (Fsp3) is 0.647. The van der Waals surface area contributed by atoms with Crippen molar-refractivity contribution < 1.29 is 9.47 Å². The molecule has 112 valence electrons. The molecule has 0 bridgehead atoms. The van der Waals surface area contributed by atoms with Crippen LogP contribution in [-0.4, -0.2) is 19.8 Å². The zero-order valence-corrected chi connectivity index (χ0v) is 13.5. The fourth-order valence-electron chi connectivity index (χ4n) is 2.74. The number of methoxy groups -OCH3 is 1. The van der Waals surface area contributed by atoms with Gasteiger partial charge < -0.3 is 14.8 Å². The lowest BCUT2D eigenvalue weighted by Gasteiger charge is -2.23. The summed E-state index contributed by atoms with van der Waals surface area (Å²) in [5.74, 6) is 1.95. The van der Waals surface area contributed by atoms with E-state index in [0.29, 0.717) is 0 Å². The number of rotatable bonds is 4. The Labute approximate surface area is 122 Å². The highest BCUT2D eigenvalue weighted by Gasteiger charge is 2.35. The van der Waals surface area contributed by atoms with Crippen LogP contribution in [0.5, 0.6) is 11.5 Å². The van der Waals surface area contributed by atoms with Crippen LogP contribution in [0.4, 0.5) is 0 Å². The number of ether oxygens (including phenoxy) is 2. The average Bonchev–Trinajstić information content (AvgIpc) is 2.69. The van der Waals surface area contributed by atoms with Gasteiger partial charge in [0.05, 0.1) is 13.2 Å². The van der Waals surface area contributed by atoms with Crippen molar-refractivity contribution in [2.75, 3.05) is 13.7 Å². The summed E-state index contributed by atoms with van der Waals surface area (Å²) in [7, 11) is 1.72. The smallest absolute Gasteiger partial charge is 0.128 e. The first kappa shape index (κ1) is 15.2. The summed E-state index contributed by atoms with van der Waals surface area (Å²) in [6.07, 6.45) is 1.28. The highest BCUT2D eigenvalue weighted by Crippen LogP contribution is 2.45. The molecule has 0 spiro atoms. The molecule has 0 saturated carbocycles. The first-order valence-electron chi connectivity index (χ1n) is 7.51. The Hall–Kier alpha value is -1.22. The van der Waals surface area contributed by atoms with Crippen LogP contribution in [0.15, 0.2) is 12.1 Å². The van der Waals surface area contributed by atoms with Crippen molar-refractivity contribution in [2.24, 2.45) is 0 Å². The van der Waals surface area contributed by atoms with Gasteiger partial charge in [0, 0.05) is 11.1 Å². The van der Waals surface area contributed by atoms with Crippen LogP contribution in [0.3, 0.4) is 0 Å². The minimum absolute atomic E-state index is 0.0397. The quantitative estimate of drug-likeness (QED) is 0.907. The molecule has 1 aliphatic heterocycles. The summed E-state index contributed by atoms with van der Waals surface area (Å²) < 4.78 is 11.6. The van der Waals surface area contributed by atoms with E-state index >= 15 is 0 Å². The second kappa shape index (κ2) is 5.65.